The van der Waals surface area contributed by atoms with Crippen LogP contribution >= 0.6 is 11.6 Å². The fraction of sp³-hybridized carbons (Fsp3) is 0.500. The number of halogens is 3. The minimum Gasteiger partial charge on any atom is -0.384 e. The molecule has 1 N–H and O–H groups in total. The third-order valence-electron chi connectivity index (χ3n) is 2.48. The lowest BCUT2D eigenvalue weighted by Crippen LogP contribution is -2.38. The molecule has 0 saturated carbocycles. The van der Waals surface area contributed by atoms with Crippen molar-refractivity contribution in [3.8, 4) is 0 Å². The summed E-state index contributed by atoms with van der Waals surface area (Å²) in [6.45, 7) is 6.18. The van der Waals surface area contributed by atoms with E-state index >= 15 is 0 Å². The maximum Gasteiger partial charge on any atom is 0.132 e. The number of alkyl halides is 1. The molecular weight excluding hydrogens is 262 g/mol. The second kappa shape index (κ2) is 5.04. The topological polar surface area (TPSA) is 20.2 Å². The van der Waals surface area contributed by atoms with Crippen molar-refractivity contribution < 1.29 is 13.9 Å². The molecule has 1 rings (SSSR count). The average Bonchev–Trinajstić information content (AvgIpc) is 2.14. The summed E-state index contributed by atoms with van der Waals surface area (Å²) in [7, 11) is -1.63. The van der Waals surface area contributed by atoms with Gasteiger partial charge < -0.3 is 5.11 Å². The molecule has 0 spiro atoms. The van der Waals surface area contributed by atoms with Crippen molar-refractivity contribution in [1.29, 1.82) is 0 Å². The molecule has 0 aliphatic heterocycles. The Morgan fingerprint density at radius 1 is 1.29 bits per heavy atom. The predicted octanol–water partition coefficient (Wildman–Crippen LogP) is 3.73. The van der Waals surface area contributed by atoms with Gasteiger partial charge in [0.1, 0.15) is 17.2 Å². The molecule has 1 nitrogen and oxygen atoms in total. The molecule has 0 heterocycles. The lowest BCUT2D eigenvalue weighted by molar-refractivity contribution is 0.0766. The van der Waals surface area contributed by atoms with Gasteiger partial charge in [-0.2, -0.15) is 0 Å². The van der Waals surface area contributed by atoms with Crippen molar-refractivity contribution in [2.45, 2.75) is 31.3 Å². The fourth-order valence-corrected chi connectivity index (χ4v) is 4.43. The number of hydrogen-bond donors (Lipinski definition) is 1. The van der Waals surface area contributed by atoms with Gasteiger partial charge in [0.05, 0.1) is 5.88 Å². The van der Waals surface area contributed by atoms with E-state index in [9.17, 15) is 13.9 Å². The van der Waals surface area contributed by atoms with E-state index in [1.54, 1.807) is 0 Å². The van der Waals surface area contributed by atoms with Gasteiger partial charge in [0.15, 0.2) is 0 Å². The van der Waals surface area contributed by atoms with Crippen molar-refractivity contribution in [3.63, 3.8) is 0 Å². The van der Waals surface area contributed by atoms with E-state index in [1.807, 2.05) is 0 Å². The molecule has 1 aromatic carbocycles. The SMILES string of the molecule is C[Si](C)(C)C[C@](O)(CCl)c1ccc(F)cc1F. The molecule has 1 atom stereocenters. The molecule has 0 bridgehead atoms. The van der Waals surface area contributed by atoms with Crippen molar-refractivity contribution in [3.05, 3.63) is 35.4 Å². The van der Waals surface area contributed by atoms with E-state index in [4.69, 9.17) is 11.6 Å². The number of rotatable bonds is 4. The molecule has 17 heavy (non-hydrogen) atoms. The van der Waals surface area contributed by atoms with Gasteiger partial charge in [-0.3, -0.25) is 0 Å². The quantitative estimate of drug-likeness (QED) is 0.657. The molecule has 5 heteroatoms. The second-order valence-electron chi connectivity index (χ2n) is 5.53. The highest BCUT2D eigenvalue weighted by atomic mass is 35.5. The van der Waals surface area contributed by atoms with Crippen LogP contribution in [0.25, 0.3) is 0 Å². The molecule has 96 valence electrons. The van der Waals surface area contributed by atoms with Gasteiger partial charge in [-0.15, -0.1) is 11.6 Å². The molecule has 0 aliphatic rings. The molecule has 0 aliphatic carbocycles. The minimum atomic E-state index is -1.63. The first-order chi connectivity index (χ1) is 7.68. The Kier molecular flexibility index (Phi) is 4.33. The predicted molar refractivity (Wildman–Crippen MR) is 69.1 cm³/mol. The Labute approximate surface area is 106 Å². The summed E-state index contributed by atoms with van der Waals surface area (Å²) >= 11 is 5.77. The van der Waals surface area contributed by atoms with Gasteiger partial charge in [0, 0.05) is 19.7 Å². The standard InChI is InChI=1S/C12H17ClF2OSi/c1-17(2,3)8-12(16,7-13)10-5-4-9(14)6-11(10)15/h4-6,16H,7-8H2,1-3H3/t12-/m1/s1. The molecule has 0 unspecified atom stereocenters. The molecule has 0 saturated heterocycles. The second-order valence-corrected chi connectivity index (χ2v) is 11.3. The lowest BCUT2D eigenvalue weighted by atomic mass is 9.97. The smallest absolute Gasteiger partial charge is 0.132 e. The fourth-order valence-electron chi connectivity index (χ4n) is 1.96. The molecule has 0 radical (unpaired) electrons. The monoisotopic (exact) mass is 278 g/mol. The zero-order valence-corrected chi connectivity index (χ0v) is 12.0. The Morgan fingerprint density at radius 2 is 1.88 bits per heavy atom. The van der Waals surface area contributed by atoms with Gasteiger partial charge in [0.2, 0.25) is 0 Å². The molecule has 0 fully saturated rings. The van der Waals surface area contributed by atoms with Crippen molar-refractivity contribution in [1.82, 2.24) is 0 Å². The maximum absolute atomic E-state index is 13.7. The summed E-state index contributed by atoms with van der Waals surface area (Å²) in [5.74, 6) is -1.50. The third-order valence-corrected chi connectivity index (χ3v) is 4.56. The van der Waals surface area contributed by atoms with Crippen LogP contribution < -0.4 is 0 Å². The van der Waals surface area contributed by atoms with Crippen molar-refractivity contribution >= 4 is 19.7 Å². The first kappa shape index (κ1) is 14.6. The summed E-state index contributed by atoms with van der Waals surface area (Å²) in [5, 5.41) is 10.4. The molecule has 0 aromatic heterocycles. The lowest BCUT2D eigenvalue weighted by Gasteiger charge is -2.32. The van der Waals surface area contributed by atoms with E-state index in [-0.39, 0.29) is 11.4 Å². The van der Waals surface area contributed by atoms with Gasteiger partial charge in [-0.1, -0.05) is 25.7 Å². The highest BCUT2D eigenvalue weighted by molar-refractivity contribution is 6.76. The summed E-state index contributed by atoms with van der Waals surface area (Å²) in [5.41, 5.74) is -1.33. The average molecular weight is 279 g/mol. The number of aliphatic hydroxyl groups is 1. The Morgan fingerprint density at radius 3 is 2.29 bits per heavy atom. The zero-order chi connectivity index (χ0) is 13.3. The highest BCUT2D eigenvalue weighted by Crippen LogP contribution is 2.34. The Balaban J connectivity index is 3.16. The van der Waals surface area contributed by atoms with Gasteiger partial charge in [0.25, 0.3) is 0 Å². The van der Waals surface area contributed by atoms with Gasteiger partial charge in [-0.25, -0.2) is 8.78 Å². The summed E-state index contributed by atoms with van der Waals surface area (Å²) in [6.07, 6.45) is 0. The molecule has 0 amide bonds. The van der Waals surface area contributed by atoms with Crippen LogP contribution in [-0.4, -0.2) is 19.1 Å². The number of benzene rings is 1. The van der Waals surface area contributed by atoms with Gasteiger partial charge in [-0.05, 0) is 12.1 Å². The first-order valence-corrected chi connectivity index (χ1v) is 9.66. The third kappa shape index (κ3) is 3.76. The van der Waals surface area contributed by atoms with E-state index in [2.05, 4.69) is 19.6 Å². The molecular formula is C12H17ClF2OSi. The van der Waals surface area contributed by atoms with Crippen LogP contribution in [0, 0.1) is 11.6 Å². The van der Waals surface area contributed by atoms with E-state index in [0.29, 0.717) is 6.04 Å². The Hall–Kier alpha value is -0.453. The Bertz CT molecular complexity index is 406. The summed E-state index contributed by atoms with van der Waals surface area (Å²) in [6, 6.07) is 3.62. The maximum atomic E-state index is 13.7. The van der Waals surface area contributed by atoms with Crippen LogP contribution in [0.15, 0.2) is 18.2 Å². The summed E-state index contributed by atoms with van der Waals surface area (Å²) in [4.78, 5) is 0. The van der Waals surface area contributed by atoms with E-state index < -0.39 is 25.3 Å². The van der Waals surface area contributed by atoms with Crippen LogP contribution in [0.4, 0.5) is 8.78 Å². The van der Waals surface area contributed by atoms with Crippen LogP contribution in [0.2, 0.25) is 25.7 Å². The van der Waals surface area contributed by atoms with Crippen LogP contribution in [0.5, 0.6) is 0 Å². The highest BCUT2D eigenvalue weighted by Gasteiger charge is 2.36. The normalized spacial score (nSPS) is 15.7. The minimum absolute atomic E-state index is 0.0799. The largest absolute Gasteiger partial charge is 0.384 e. The first-order valence-electron chi connectivity index (χ1n) is 5.42. The zero-order valence-electron chi connectivity index (χ0n) is 10.2. The van der Waals surface area contributed by atoms with Gasteiger partial charge >= 0.3 is 0 Å². The van der Waals surface area contributed by atoms with E-state index in [1.165, 1.54) is 6.07 Å². The number of hydrogen-bond acceptors (Lipinski definition) is 1. The van der Waals surface area contributed by atoms with Crippen LogP contribution in [0.1, 0.15) is 5.56 Å². The van der Waals surface area contributed by atoms with Crippen molar-refractivity contribution in [2.24, 2.45) is 0 Å². The van der Waals surface area contributed by atoms with Crippen LogP contribution in [-0.2, 0) is 5.60 Å². The van der Waals surface area contributed by atoms with E-state index in [0.717, 1.165) is 12.1 Å². The molecule has 1 aromatic rings. The van der Waals surface area contributed by atoms with Crippen LogP contribution in [0.3, 0.4) is 0 Å². The van der Waals surface area contributed by atoms with Crippen molar-refractivity contribution in [2.75, 3.05) is 5.88 Å². The summed E-state index contributed by atoms with van der Waals surface area (Å²) < 4.78 is 26.5.